The van der Waals surface area contributed by atoms with E-state index in [9.17, 15) is 0 Å². The lowest BCUT2D eigenvalue weighted by molar-refractivity contribution is 0.384. The molecule has 0 aliphatic heterocycles. The van der Waals surface area contributed by atoms with Crippen molar-refractivity contribution in [2.24, 2.45) is 5.73 Å². The summed E-state index contributed by atoms with van der Waals surface area (Å²) in [6.45, 7) is 0.557. The molecule has 1 heterocycles. The second kappa shape index (κ2) is 3.67. The molecule has 2 rings (SSSR count). The zero-order valence-corrected chi connectivity index (χ0v) is 7.99. The van der Waals surface area contributed by atoms with Gasteiger partial charge in [-0.1, -0.05) is 11.2 Å². The summed E-state index contributed by atoms with van der Waals surface area (Å²) in [6.07, 6.45) is 0.698. The molecule has 0 bridgehead atoms. The zero-order valence-electron chi connectivity index (χ0n) is 7.99. The number of ether oxygens (including phenoxy) is 1. The third-order valence-electron chi connectivity index (χ3n) is 2.14. The minimum absolute atomic E-state index is 0.557. The molecule has 2 aromatic rings. The summed E-state index contributed by atoms with van der Waals surface area (Å²) in [5, 5.41) is 4.93. The second-order valence-corrected chi connectivity index (χ2v) is 3.00. The first-order chi connectivity index (χ1) is 6.86. The van der Waals surface area contributed by atoms with Gasteiger partial charge < -0.3 is 15.0 Å². The van der Waals surface area contributed by atoms with Gasteiger partial charge in [0.15, 0.2) is 5.52 Å². The quantitative estimate of drug-likeness (QED) is 0.797. The first-order valence-electron chi connectivity index (χ1n) is 4.48. The number of hydrogen-bond donors (Lipinski definition) is 1. The van der Waals surface area contributed by atoms with E-state index in [0.717, 1.165) is 22.4 Å². The van der Waals surface area contributed by atoms with Gasteiger partial charge in [0.2, 0.25) is 0 Å². The van der Waals surface area contributed by atoms with E-state index in [2.05, 4.69) is 5.16 Å². The van der Waals surface area contributed by atoms with Crippen LogP contribution in [0.3, 0.4) is 0 Å². The highest BCUT2D eigenvalue weighted by atomic mass is 16.5. The number of fused-ring (bicyclic) bond motifs is 1. The van der Waals surface area contributed by atoms with E-state index in [-0.39, 0.29) is 0 Å². The van der Waals surface area contributed by atoms with E-state index in [0.29, 0.717) is 13.0 Å². The molecular formula is C10H12N2O2. The Balaban J connectivity index is 2.57. The highest BCUT2D eigenvalue weighted by Gasteiger charge is 2.10. The predicted molar refractivity (Wildman–Crippen MR) is 53.3 cm³/mol. The largest absolute Gasteiger partial charge is 0.494 e. The average Bonchev–Trinajstić information content (AvgIpc) is 2.62. The minimum Gasteiger partial charge on any atom is -0.494 e. The first-order valence-corrected chi connectivity index (χ1v) is 4.48. The van der Waals surface area contributed by atoms with Crippen LogP contribution in [-0.2, 0) is 6.42 Å². The molecular weight excluding hydrogens is 180 g/mol. The monoisotopic (exact) mass is 192 g/mol. The van der Waals surface area contributed by atoms with Crippen LogP contribution >= 0.6 is 0 Å². The normalized spacial score (nSPS) is 10.7. The minimum atomic E-state index is 0.557. The summed E-state index contributed by atoms with van der Waals surface area (Å²) >= 11 is 0. The van der Waals surface area contributed by atoms with Crippen molar-refractivity contribution in [3.05, 3.63) is 24.0 Å². The molecule has 2 N–H and O–H groups in total. The van der Waals surface area contributed by atoms with Crippen LogP contribution in [0.2, 0.25) is 0 Å². The van der Waals surface area contributed by atoms with Crippen molar-refractivity contribution in [3.8, 4) is 5.75 Å². The number of benzene rings is 1. The van der Waals surface area contributed by atoms with E-state index < -0.39 is 0 Å². The number of methoxy groups -OCH3 is 1. The number of hydrogen-bond acceptors (Lipinski definition) is 4. The average molecular weight is 192 g/mol. The fraction of sp³-hybridized carbons (Fsp3) is 0.300. The Labute approximate surface area is 81.6 Å². The van der Waals surface area contributed by atoms with Crippen LogP contribution in [0.5, 0.6) is 5.75 Å². The summed E-state index contributed by atoms with van der Waals surface area (Å²) in [7, 11) is 1.62. The molecule has 4 heteroatoms. The third-order valence-corrected chi connectivity index (χ3v) is 2.14. The summed E-state index contributed by atoms with van der Waals surface area (Å²) in [4.78, 5) is 0. The number of nitrogens with zero attached hydrogens (tertiary/aromatic N) is 1. The summed E-state index contributed by atoms with van der Waals surface area (Å²) in [5.41, 5.74) is 6.22. The van der Waals surface area contributed by atoms with Gasteiger partial charge in [-0.3, -0.25) is 0 Å². The van der Waals surface area contributed by atoms with Crippen LogP contribution in [0.1, 0.15) is 5.76 Å². The molecule has 74 valence electrons. The van der Waals surface area contributed by atoms with Crippen molar-refractivity contribution < 1.29 is 9.26 Å². The molecule has 0 spiro atoms. The first kappa shape index (κ1) is 9.02. The number of aromatic nitrogens is 1. The van der Waals surface area contributed by atoms with Crippen molar-refractivity contribution in [1.82, 2.24) is 5.16 Å². The Hall–Kier alpha value is -1.55. The smallest absolute Gasteiger partial charge is 0.156 e. The molecule has 1 aromatic heterocycles. The van der Waals surface area contributed by atoms with Crippen LogP contribution in [0.4, 0.5) is 0 Å². The Bertz CT molecular complexity index is 437. The van der Waals surface area contributed by atoms with Crippen LogP contribution in [0, 0.1) is 0 Å². The molecule has 0 saturated heterocycles. The van der Waals surface area contributed by atoms with Crippen molar-refractivity contribution >= 4 is 10.9 Å². The van der Waals surface area contributed by atoms with Gasteiger partial charge in [0.25, 0.3) is 0 Å². The maximum Gasteiger partial charge on any atom is 0.156 e. The molecule has 4 nitrogen and oxygen atoms in total. The SMILES string of the molecule is COc1cccc2c(CCN)onc12. The molecule has 0 aliphatic carbocycles. The van der Waals surface area contributed by atoms with E-state index in [4.69, 9.17) is 15.0 Å². The van der Waals surface area contributed by atoms with Crippen LogP contribution < -0.4 is 10.5 Å². The van der Waals surface area contributed by atoms with Crippen LogP contribution in [-0.4, -0.2) is 18.8 Å². The number of nitrogens with two attached hydrogens (primary N) is 1. The Morgan fingerprint density at radius 2 is 2.36 bits per heavy atom. The lowest BCUT2D eigenvalue weighted by Gasteiger charge is -1.98. The maximum absolute atomic E-state index is 5.46. The highest BCUT2D eigenvalue weighted by Crippen LogP contribution is 2.26. The lowest BCUT2D eigenvalue weighted by Crippen LogP contribution is -2.01. The lowest BCUT2D eigenvalue weighted by atomic mass is 10.1. The Kier molecular flexibility index (Phi) is 2.37. The maximum atomic E-state index is 5.46. The van der Waals surface area contributed by atoms with Crippen LogP contribution in [0.25, 0.3) is 10.9 Å². The van der Waals surface area contributed by atoms with E-state index in [1.165, 1.54) is 0 Å². The molecule has 14 heavy (non-hydrogen) atoms. The van der Waals surface area contributed by atoms with Crippen molar-refractivity contribution in [2.75, 3.05) is 13.7 Å². The van der Waals surface area contributed by atoms with Gasteiger partial charge in [-0.15, -0.1) is 0 Å². The fourth-order valence-electron chi connectivity index (χ4n) is 1.47. The molecule has 1 aromatic carbocycles. The van der Waals surface area contributed by atoms with Crippen molar-refractivity contribution in [3.63, 3.8) is 0 Å². The van der Waals surface area contributed by atoms with Gasteiger partial charge in [0.05, 0.1) is 7.11 Å². The molecule has 0 amide bonds. The Morgan fingerprint density at radius 1 is 1.50 bits per heavy atom. The van der Waals surface area contributed by atoms with Gasteiger partial charge in [0, 0.05) is 11.8 Å². The molecule has 0 saturated carbocycles. The zero-order chi connectivity index (χ0) is 9.97. The van der Waals surface area contributed by atoms with Gasteiger partial charge >= 0.3 is 0 Å². The van der Waals surface area contributed by atoms with Crippen LogP contribution in [0.15, 0.2) is 22.7 Å². The predicted octanol–water partition coefficient (Wildman–Crippen LogP) is 1.34. The second-order valence-electron chi connectivity index (χ2n) is 3.00. The summed E-state index contributed by atoms with van der Waals surface area (Å²) < 4.78 is 10.4. The van der Waals surface area contributed by atoms with Gasteiger partial charge in [0.1, 0.15) is 11.5 Å². The fourth-order valence-corrected chi connectivity index (χ4v) is 1.47. The van der Waals surface area contributed by atoms with Gasteiger partial charge in [-0.05, 0) is 18.7 Å². The van der Waals surface area contributed by atoms with Gasteiger partial charge in [-0.2, -0.15) is 0 Å². The summed E-state index contributed by atoms with van der Waals surface area (Å²) in [5.74, 6) is 1.55. The molecule has 0 fully saturated rings. The topological polar surface area (TPSA) is 61.3 Å². The summed E-state index contributed by atoms with van der Waals surface area (Å²) in [6, 6.07) is 5.73. The Morgan fingerprint density at radius 3 is 3.07 bits per heavy atom. The molecule has 0 unspecified atom stereocenters. The molecule has 0 atom stereocenters. The van der Waals surface area contributed by atoms with E-state index >= 15 is 0 Å². The molecule has 0 aliphatic rings. The van der Waals surface area contributed by atoms with E-state index in [1.807, 2.05) is 18.2 Å². The number of rotatable bonds is 3. The third kappa shape index (κ3) is 1.33. The standard InChI is InChI=1S/C10H12N2O2/c1-13-9-4-2-3-7-8(5-6-11)14-12-10(7)9/h2-4H,5-6,11H2,1H3. The van der Waals surface area contributed by atoms with E-state index in [1.54, 1.807) is 7.11 Å². The van der Waals surface area contributed by atoms with Crippen molar-refractivity contribution in [2.45, 2.75) is 6.42 Å². The van der Waals surface area contributed by atoms with Crippen molar-refractivity contribution in [1.29, 1.82) is 0 Å². The highest BCUT2D eigenvalue weighted by molar-refractivity contribution is 5.85. The molecule has 0 radical (unpaired) electrons. The van der Waals surface area contributed by atoms with Gasteiger partial charge in [-0.25, -0.2) is 0 Å².